The van der Waals surface area contributed by atoms with Crippen LogP contribution >= 0.6 is 0 Å². The lowest BCUT2D eigenvalue weighted by Crippen LogP contribution is -2.17. The lowest BCUT2D eigenvalue weighted by atomic mass is 10.1. The van der Waals surface area contributed by atoms with E-state index in [1.54, 1.807) is 12.1 Å². The van der Waals surface area contributed by atoms with Gasteiger partial charge in [-0.2, -0.15) is 0 Å². The summed E-state index contributed by atoms with van der Waals surface area (Å²) in [6.07, 6.45) is 0.493. The Morgan fingerprint density at radius 2 is 1.69 bits per heavy atom. The molecule has 7 heteroatoms. The SMILES string of the molecule is COc1cc(NC(=O)CCc2cc3cc(C)ccc3[nH]c2=O)cc(OC)c1OC. The predicted molar refractivity (Wildman–Crippen MR) is 112 cm³/mol. The smallest absolute Gasteiger partial charge is 0.251 e. The first kappa shape index (κ1) is 20.3. The minimum atomic E-state index is -0.219. The highest BCUT2D eigenvalue weighted by molar-refractivity contribution is 5.91. The maximum atomic E-state index is 12.4. The quantitative estimate of drug-likeness (QED) is 0.639. The van der Waals surface area contributed by atoms with Gasteiger partial charge in [0.2, 0.25) is 11.7 Å². The number of carbonyl (C=O) groups is 1. The number of fused-ring (bicyclic) bond motifs is 1. The summed E-state index contributed by atoms with van der Waals surface area (Å²) in [7, 11) is 4.54. The van der Waals surface area contributed by atoms with Gasteiger partial charge in [-0.1, -0.05) is 11.6 Å². The first-order valence-corrected chi connectivity index (χ1v) is 9.17. The molecule has 0 fully saturated rings. The maximum absolute atomic E-state index is 12.4. The highest BCUT2D eigenvalue weighted by atomic mass is 16.5. The van der Waals surface area contributed by atoms with Gasteiger partial charge in [0.05, 0.1) is 21.3 Å². The van der Waals surface area contributed by atoms with Gasteiger partial charge in [0, 0.05) is 35.3 Å². The van der Waals surface area contributed by atoms with Crippen molar-refractivity contribution in [3.63, 3.8) is 0 Å². The molecule has 3 rings (SSSR count). The van der Waals surface area contributed by atoms with Crippen molar-refractivity contribution in [3.8, 4) is 17.2 Å². The Bertz CT molecular complexity index is 1080. The van der Waals surface area contributed by atoms with E-state index in [-0.39, 0.29) is 17.9 Å². The second kappa shape index (κ2) is 8.68. The van der Waals surface area contributed by atoms with Gasteiger partial charge in [0.1, 0.15) is 0 Å². The number of methoxy groups -OCH3 is 3. The molecule has 0 atom stereocenters. The molecule has 0 spiro atoms. The standard InChI is InChI=1S/C22H24N2O5/c1-13-5-7-17-15(9-13)10-14(22(26)24-17)6-8-20(25)23-16-11-18(27-2)21(29-4)19(12-16)28-3/h5,7,9-12H,6,8H2,1-4H3,(H,23,25)(H,24,26). The molecule has 1 amide bonds. The summed E-state index contributed by atoms with van der Waals surface area (Å²) in [5.41, 5.74) is 2.81. The van der Waals surface area contributed by atoms with Crippen LogP contribution in [-0.2, 0) is 11.2 Å². The number of nitrogens with one attached hydrogen (secondary N) is 2. The van der Waals surface area contributed by atoms with Gasteiger partial charge in [-0.05, 0) is 36.9 Å². The molecule has 7 nitrogen and oxygen atoms in total. The molecule has 0 aliphatic carbocycles. The van der Waals surface area contributed by atoms with Crippen LogP contribution in [0.1, 0.15) is 17.5 Å². The number of benzene rings is 2. The van der Waals surface area contributed by atoms with E-state index in [4.69, 9.17) is 14.2 Å². The molecule has 1 heterocycles. The summed E-state index contributed by atoms with van der Waals surface area (Å²) in [4.78, 5) is 27.6. The average molecular weight is 396 g/mol. The van der Waals surface area contributed by atoms with Gasteiger partial charge in [-0.15, -0.1) is 0 Å². The number of ether oxygens (including phenoxy) is 3. The first-order chi connectivity index (χ1) is 13.9. The normalized spacial score (nSPS) is 10.6. The molecule has 2 N–H and O–H groups in total. The molecule has 0 saturated heterocycles. The number of aryl methyl sites for hydroxylation is 2. The van der Waals surface area contributed by atoms with E-state index in [0.29, 0.717) is 34.9 Å². The van der Waals surface area contributed by atoms with Crippen molar-refractivity contribution >= 4 is 22.5 Å². The van der Waals surface area contributed by atoms with Gasteiger partial charge in [-0.3, -0.25) is 9.59 Å². The van der Waals surface area contributed by atoms with Crippen LogP contribution in [0.5, 0.6) is 17.2 Å². The summed E-state index contributed by atoms with van der Waals surface area (Å²) < 4.78 is 15.9. The molecule has 3 aromatic rings. The van der Waals surface area contributed by atoms with E-state index in [1.807, 2.05) is 31.2 Å². The van der Waals surface area contributed by atoms with Gasteiger partial charge < -0.3 is 24.5 Å². The Morgan fingerprint density at radius 1 is 1.00 bits per heavy atom. The predicted octanol–water partition coefficient (Wildman–Crippen LogP) is 3.43. The van der Waals surface area contributed by atoms with E-state index in [2.05, 4.69) is 10.3 Å². The molecule has 0 aliphatic heterocycles. The Balaban J connectivity index is 1.74. The molecular formula is C22H24N2O5. The van der Waals surface area contributed by atoms with Crippen LogP contribution in [0.25, 0.3) is 10.9 Å². The number of hydrogen-bond acceptors (Lipinski definition) is 5. The lowest BCUT2D eigenvalue weighted by molar-refractivity contribution is -0.116. The van der Waals surface area contributed by atoms with Crippen LogP contribution in [0.2, 0.25) is 0 Å². The third-order valence-electron chi connectivity index (χ3n) is 4.65. The molecule has 0 aliphatic rings. The van der Waals surface area contributed by atoms with E-state index in [9.17, 15) is 9.59 Å². The zero-order chi connectivity index (χ0) is 21.0. The molecule has 1 aromatic heterocycles. The van der Waals surface area contributed by atoms with E-state index in [1.165, 1.54) is 21.3 Å². The summed E-state index contributed by atoms with van der Waals surface area (Å²) in [6.45, 7) is 2.00. The summed E-state index contributed by atoms with van der Waals surface area (Å²) in [6, 6.07) is 11.0. The molecule has 0 unspecified atom stereocenters. The molecule has 152 valence electrons. The number of pyridine rings is 1. The number of rotatable bonds is 7. The number of aromatic amines is 1. The number of H-pyrrole nitrogens is 1. The third-order valence-corrected chi connectivity index (χ3v) is 4.65. The van der Waals surface area contributed by atoms with E-state index >= 15 is 0 Å². The van der Waals surface area contributed by atoms with Gasteiger partial charge in [-0.25, -0.2) is 0 Å². The third kappa shape index (κ3) is 4.51. The fourth-order valence-electron chi connectivity index (χ4n) is 3.18. The molecule has 2 aromatic carbocycles. The summed E-state index contributed by atoms with van der Waals surface area (Å²) >= 11 is 0. The van der Waals surface area contributed by atoms with Crippen LogP contribution < -0.4 is 25.1 Å². The van der Waals surface area contributed by atoms with Gasteiger partial charge in [0.15, 0.2) is 11.5 Å². The number of hydrogen-bond donors (Lipinski definition) is 2. The fraction of sp³-hybridized carbons (Fsp3) is 0.273. The fourth-order valence-corrected chi connectivity index (χ4v) is 3.18. The molecule has 0 saturated carbocycles. The Hall–Kier alpha value is -3.48. The summed E-state index contributed by atoms with van der Waals surface area (Å²) in [5, 5.41) is 3.76. The first-order valence-electron chi connectivity index (χ1n) is 9.17. The zero-order valence-corrected chi connectivity index (χ0v) is 16.9. The summed E-state index contributed by atoms with van der Waals surface area (Å²) in [5.74, 6) is 1.13. The van der Waals surface area contributed by atoms with E-state index in [0.717, 1.165) is 16.5 Å². The van der Waals surface area contributed by atoms with Crippen LogP contribution in [0.15, 0.2) is 41.2 Å². The van der Waals surface area contributed by atoms with Crippen molar-refractivity contribution in [1.82, 2.24) is 4.98 Å². The van der Waals surface area contributed by atoms with Crippen molar-refractivity contribution in [1.29, 1.82) is 0 Å². The molecular weight excluding hydrogens is 372 g/mol. The number of anilines is 1. The highest BCUT2D eigenvalue weighted by Crippen LogP contribution is 2.39. The van der Waals surface area contributed by atoms with Crippen molar-refractivity contribution in [3.05, 3.63) is 57.9 Å². The molecule has 0 bridgehead atoms. The minimum absolute atomic E-state index is 0.164. The van der Waals surface area contributed by atoms with Crippen LogP contribution in [0.3, 0.4) is 0 Å². The van der Waals surface area contributed by atoms with Gasteiger partial charge in [0.25, 0.3) is 5.56 Å². The van der Waals surface area contributed by atoms with Crippen molar-refractivity contribution in [2.45, 2.75) is 19.8 Å². The van der Waals surface area contributed by atoms with Crippen molar-refractivity contribution in [2.75, 3.05) is 26.6 Å². The van der Waals surface area contributed by atoms with Crippen LogP contribution in [0.4, 0.5) is 5.69 Å². The Morgan fingerprint density at radius 3 is 2.31 bits per heavy atom. The Kier molecular flexibility index (Phi) is 6.07. The Labute approximate surface area is 168 Å². The monoisotopic (exact) mass is 396 g/mol. The second-order valence-electron chi connectivity index (χ2n) is 6.68. The van der Waals surface area contributed by atoms with E-state index < -0.39 is 0 Å². The topological polar surface area (TPSA) is 89.7 Å². The minimum Gasteiger partial charge on any atom is -0.493 e. The number of amides is 1. The largest absolute Gasteiger partial charge is 0.493 e. The van der Waals surface area contributed by atoms with Crippen molar-refractivity contribution < 1.29 is 19.0 Å². The lowest BCUT2D eigenvalue weighted by Gasteiger charge is -2.14. The number of carbonyl (C=O) groups excluding carboxylic acids is 1. The highest BCUT2D eigenvalue weighted by Gasteiger charge is 2.15. The molecule has 29 heavy (non-hydrogen) atoms. The maximum Gasteiger partial charge on any atom is 0.251 e. The number of aromatic nitrogens is 1. The average Bonchev–Trinajstić information content (AvgIpc) is 2.71. The van der Waals surface area contributed by atoms with Crippen LogP contribution in [0, 0.1) is 6.92 Å². The zero-order valence-electron chi connectivity index (χ0n) is 16.9. The van der Waals surface area contributed by atoms with Crippen molar-refractivity contribution in [2.24, 2.45) is 0 Å². The second-order valence-corrected chi connectivity index (χ2v) is 6.68. The van der Waals surface area contributed by atoms with Gasteiger partial charge >= 0.3 is 0 Å². The molecule has 0 radical (unpaired) electrons. The van der Waals surface area contributed by atoms with Crippen LogP contribution in [-0.4, -0.2) is 32.2 Å².